The van der Waals surface area contributed by atoms with Crippen LogP contribution in [-0.2, 0) is 10.0 Å². The molecule has 10 nitrogen and oxygen atoms in total. The number of carbonyl (C=O) groups excluding carboxylic acids is 2. The summed E-state index contributed by atoms with van der Waals surface area (Å²) in [6.07, 6.45) is 1.50. The van der Waals surface area contributed by atoms with Crippen molar-refractivity contribution in [2.24, 2.45) is 0 Å². The zero-order chi connectivity index (χ0) is 24.3. The summed E-state index contributed by atoms with van der Waals surface area (Å²) in [6.45, 7) is 0. The van der Waals surface area contributed by atoms with Crippen LogP contribution >= 0.6 is 0 Å². The van der Waals surface area contributed by atoms with Crippen LogP contribution in [-0.4, -0.2) is 48.4 Å². The molecule has 2 aromatic carbocycles. The lowest BCUT2D eigenvalue weighted by molar-refractivity contribution is 0.0842. The van der Waals surface area contributed by atoms with E-state index in [9.17, 15) is 18.0 Å². The Morgan fingerprint density at radius 2 is 1.65 bits per heavy atom. The van der Waals surface area contributed by atoms with Crippen molar-refractivity contribution in [1.29, 1.82) is 0 Å². The summed E-state index contributed by atoms with van der Waals surface area (Å²) in [5.74, 6) is -0.826. The van der Waals surface area contributed by atoms with Gasteiger partial charge in [-0.05, 0) is 42.5 Å². The Morgan fingerprint density at radius 1 is 0.912 bits per heavy atom. The smallest absolute Gasteiger partial charge is 0.288 e. The van der Waals surface area contributed by atoms with Crippen molar-refractivity contribution >= 4 is 21.8 Å². The lowest BCUT2D eigenvalue weighted by atomic mass is 10.2. The largest absolute Gasteiger partial charge is 0.463 e. The third-order valence-corrected chi connectivity index (χ3v) is 6.69. The van der Waals surface area contributed by atoms with E-state index >= 15 is 0 Å². The highest BCUT2D eigenvalue weighted by Crippen LogP contribution is 2.22. The van der Waals surface area contributed by atoms with Gasteiger partial charge >= 0.3 is 0 Å². The lowest BCUT2D eigenvalue weighted by Crippen LogP contribution is -2.42. The minimum Gasteiger partial charge on any atom is -0.463 e. The summed E-state index contributed by atoms with van der Waals surface area (Å²) in [6, 6.07) is 19.5. The van der Waals surface area contributed by atoms with Crippen LogP contribution < -0.4 is 10.9 Å². The molecule has 0 saturated carbocycles. The molecule has 0 bridgehead atoms. The Morgan fingerprint density at radius 3 is 2.32 bits per heavy atom. The van der Waals surface area contributed by atoms with Gasteiger partial charge in [0.25, 0.3) is 11.8 Å². The summed E-state index contributed by atoms with van der Waals surface area (Å²) < 4.78 is 32.5. The normalized spacial score (nSPS) is 11.4. The van der Waals surface area contributed by atoms with Crippen LogP contribution in [0.1, 0.15) is 20.8 Å². The average molecular weight is 480 g/mol. The molecule has 0 atom stereocenters. The number of benzene rings is 2. The van der Waals surface area contributed by atoms with Gasteiger partial charge in [-0.2, -0.15) is 5.10 Å². The van der Waals surface area contributed by atoms with E-state index in [2.05, 4.69) is 16.0 Å². The Bertz CT molecular complexity index is 1430. The lowest BCUT2D eigenvalue weighted by Gasteiger charge is -2.13. The summed E-state index contributed by atoms with van der Waals surface area (Å²) >= 11 is 0. The van der Waals surface area contributed by atoms with Gasteiger partial charge in [0.05, 0.1) is 16.8 Å². The van der Waals surface area contributed by atoms with Crippen molar-refractivity contribution in [1.82, 2.24) is 24.9 Å². The van der Waals surface area contributed by atoms with Crippen LogP contribution in [0.15, 0.2) is 88.4 Å². The summed E-state index contributed by atoms with van der Waals surface area (Å²) in [5.41, 5.74) is 5.97. The molecule has 0 saturated heterocycles. The van der Waals surface area contributed by atoms with Crippen molar-refractivity contribution < 1.29 is 22.4 Å². The molecular weight excluding hydrogens is 458 g/mol. The fraction of sp³-hybridized carbons (Fsp3) is 0.0870. The van der Waals surface area contributed by atoms with Gasteiger partial charge in [-0.1, -0.05) is 24.3 Å². The minimum atomic E-state index is -3.72. The molecule has 0 unspecified atom stereocenters. The molecule has 2 aromatic heterocycles. The van der Waals surface area contributed by atoms with Crippen LogP contribution in [0.5, 0.6) is 0 Å². The van der Waals surface area contributed by atoms with E-state index in [1.807, 2.05) is 18.2 Å². The monoisotopic (exact) mass is 479 g/mol. The van der Waals surface area contributed by atoms with Gasteiger partial charge in [0, 0.05) is 25.7 Å². The van der Waals surface area contributed by atoms with Crippen LogP contribution in [0, 0.1) is 0 Å². The van der Waals surface area contributed by atoms with Crippen LogP contribution in [0.4, 0.5) is 0 Å². The van der Waals surface area contributed by atoms with Gasteiger partial charge in [-0.25, -0.2) is 17.4 Å². The molecule has 2 N–H and O–H groups in total. The van der Waals surface area contributed by atoms with E-state index in [1.165, 1.54) is 55.4 Å². The van der Waals surface area contributed by atoms with Crippen molar-refractivity contribution in [3.63, 3.8) is 0 Å². The molecule has 174 valence electrons. The maximum atomic E-state index is 13.0. The van der Waals surface area contributed by atoms with Gasteiger partial charge in [-0.15, -0.1) is 0 Å². The molecule has 0 aliphatic heterocycles. The molecule has 0 fully saturated rings. The third-order valence-electron chi connectivity index (χ3n) is 4.88. The zero-order valence-electron chi connectivity index (χ0n) is 18.3. The quantitative estimate of drug-likeness (QED) is 0.409. The fourth-order valence-corrected chi connectivity index (χ4v) is 4.06. The minimum absolute atomic E-state index is 0.0401. The second-order valence-corrected chi connectivity index (χ2v) is 9.51. The van der Waals surface area contributed by atoms with Crippen molar-refractivity contribution in [2.75, 3.05) is 14.1 Å². The summed E-state index contributed by atoms with van der Waals surface area (Å²) in [5, 5.41) is 4.46. The maximum absolute atomic E-state index is 13.0. The Labute approximate surface area is 195 Å². The van der Waals surface area contributed by atoms with Crippen molar-refractivity contribution in [3.8, 4) is 17.1 Å². The van der Waals surface area contributed by atoms with E-state index < -0.39 is 21.8 Å². The Kier molecular flexibility index (Phi) is 6.30. The Balaban J connectivity index is 1.56. The number of aromatic nitrogens is 2. The van der Waals surface area contributed by atoms with E-state index in [-0.39, 0.29) is 16.2 Å². The molecule has 0 aliphatic rings. The Hall–Kier alpha value is -4.22. The number of furan rings is 1. The van der Waals surface area contributed by atoms with E-state index in [1.54, 1.807) is 24.3 Å². The van der Waals surface area contributed by atoms with E-state index in [0.717, 1.165) is 4.31 Å². The first-order valence-corrected chi connectivity index (χ1v) is 11.5. The van der Waals surface area contributed by atoms with Gasteiger partial charge in [0.2, 0.25) is 10.0 Å². The SMILES string of the molecule is CN(C)S(=O)(=O)c1cccc(C(=O)NNC(=O)c2cc(-c3ccco3)nn2-c2ccccc2)c1. The van der Waals surface area contributed by atoms with Crippen molar-refractivity contribution in [2.45, 2.75) is 4.90 Å². The predicted molar refractivity (Wildman–Crippen MR) is 124 cm³/mol. The second kappa shape index (κ2) is 9.33. The summed E-state index contributed by atoms with van der Waals surface area (Å²) in [4.78, 5) is 25.5. The van der Waals surface area contributed by atoms with Gasteiger partial charge in [0.15, 0.2) is 5.76 Å². The first-order valence-electron chi connectivity index (χ1n) is 10.1. The second-order valence-electron chi connectivity index (χ2n) is 7.36. The zero-order valence-corrected chi connectivity index (χ0v) is 19.1. The molecular formula is C23H21N5O5S. The van der Waals surface area contributed by atoms with Crippen molar-refractivity contribution in [3.05, 3.63) is 90.3 Å². The molecule has 4 rings (SSSR count). The number of nitrogens with zero attached hydrogens (tertiary/aromatic N) is 3. The fourth-order valence-electron chi connectivity index (χ4n) is 3.11. The maximum Gasteiger partial charge on any atom is 0.288 e. The molecule has 2 heterocycles. The number of para-hydroxylation sites is 1. The number of nitrogens with one attached hydrogen (secondary N) is 2. The first-order chi connectivity index (χ1) is 16.3. The molecule has 0 radical (unpaired) electrons. The third kappa shape index (κ3) is 4.60. The highest BCUT2D eigenvalue weighted by Gasteiger charge is 2.21. The molecule has 0 spiro atoms. The van der Waals surface area contributed by atoms with Crippen LogP contribution in [0.3, 0.4) is 0 Å². The number of hydrazine groups is 1. The highest BCUT2D eigenvalue weighted by atomic mass is 32.2. The van der Waals surface area contributed by atoms with Gasteiger partial charge in [-0.3, -0.25) is 20.4 Å². The van der Waals surface area contributed by atoms with E-state index in [4.69, 9.17) is 4.42 Å². The molecule has 2 amide bonds. The highest BCUT2D eigenvalue weighted by molar-refractivity contribution is 7.89. The average Bonchev–Trinajstić information content (AvgIpc) is 3.53. The number of hydrogen-bond donors (Lipinski definition) is 2. The number of amides is 2. The number of sulfonamides is 1. The first kappa shape index (κ1) is 23.0. The molecule has 4 aromatic rings. The van der Waals surface area contributed by atoms with E-state index in [0.29, 0.717) is 17.1 Å². The standard InChI is InChI=1S/C23H21N5O5S/c1-27(2)34(31,32)18-11-6-8-16(14-18)22(29)24-25-23(30)20-15-19(21-12-7-13-33-21)26-28(20)17-9-4-3-5-10-17/h3-15H,1-2H3,(H,24,29)(H,25,30). The van der Waals surface area contributed by atoms with Gasteiger partial charge in [0.1, 0.15) is 11.4 Å². The molecule has 0 aliphatic carbocycles. The number of hydrogen-bond acceptors (Lipinski definition) is 6. The topological polar surface area (TPSA) is 127 Å². The number of rotatable bonds is 6. The number of carbonyl (C=O) groups is 2. The molecule has 34 heavy (non-hydrogen) atoms. The van der Waals surface area contributed by atoms with Crippen LogP contribution in [0.2, 0.25) is 0 Å². The van der Waals surface area contributed by atoms with Gasteiger partial charge < -0.3 is 4.42 Å². The molecule has 11 heteroatoms. The van der Waals surface area contributed by atoms with Crippen LogP contribution in [0.25, 0.3) is 17.1 Å². The summed E-state index contributed by atoms with van der Waals surface area (Å²) in [7, 11) is -0.921. The predicted octanol–water partition coefficient (Wildman–Crippen LogP) is 2.46.